The third kappa shape index (κ3) is 3.27. The van der Waals surface area contributed by atoms with Crippen molar-refractivity contribution in [1.82, 2.24) is 9.66 Å². The van der Waals surface area contributed by atoms with E-state index in [0.29, 0.717) is 16.5 Å². The SMILES string of the molecule is NC(=O)c1cc2ncn(N3CCC(Cc4ccccc4)CC3)c2cc1Cl. The number of halogens is 1. The topological polar surface area (TPSA) is 64.2 Å². The van der Waals surface area contributed by atoms with Crippen LogP contribution in [-0.4, -0.2) is 28.7 Å². The van der Waals surface area contributed by atoms with Crippen LogP contribution < -0.4 is 10.7 Å². The third-order valence-corrected chi connectivity index (χ3v) is 5.46. The van der Waals surface area contributed by atoms with Crippen LogP contribution in [-0.2, 0) is 6.42 Å². The average molecular weight is 369 g/mol. The molecule has 1 aliphatic heterocycles. The van der Waals surface area contributed by atoms with Gasteiger partial charge in [0.05, 0.1) is 21.6 Å². The minimum atomic E-state index is -0.534. The lowest BCUT2D eigenvalue weighted by atomic mass is 9.91. The smallest absolute Gasteiger partial charge is 0.250 e. The standard InChI is InChI=1S/C20H21ClN4O/c21-17-12-19-18(11-16(17)20(22)26)23-13-25(19)24-8-6-15(7-9-24)10-14-4-2-1-3-5-14/h1-5,11-13,15H,6-10H2,(H2,22,26). The van der Waals surface area contributed by atoms with Gasteiger partial charge in [0.1, 0.15) is 6.33 Å². The minimum Gasteiger partial charge on any atom is -0.366 e. The molecule has 1 aliphatic rings. The molecule has 1 amide bonds. The predicted molar refractivity (Wildman–Crippen MR) is 104 cm³/mol. The molecule has 4 rings (SSSR count). The van der Waals surface area contributed by atoms with Gasteiger partial charge in [-0.25, -0.2) is 9.66 Å². The molecule has 0 saturated carbocycles. The second-order valence-corrected chi connectivity index (χ2v) is 7.27. The Bertz CT molecular complexity index is 930. The Hall–Kier alpha value is -2.53. The average Bonchev–Trinajstić information content (AvgIpc) is 3.05. The summed E-state index contributed by atoms with van der Waals surface area (Å²) >= 11 is 6.22. The van der Waals surface area contributed by atoms with Crippen LogP contribution in [0.25, 0.3) is 11.0 Å². The molecular formula is C20H21ClN4O. The van der Waals surface area contributed by atoms with Crippen LogP contribution in [0.5, 0.6) is 0 Å². The summed E-state index contributed by atoms with van der Waals surface area (Å²) in [5, 5.41) is 2.66. The monoisotopic (exact) mass is 368 g/mol. The van der Waals surface area contributed by atoms with Gasteiger partial charge in [0.2, 0.25) is 5.91 Å². The Morgan fingerprint density at radius 1 is 1.19 bits per heavy atom. The molecule has 5 nitrogen and oxygen atoms in total. The lowest BCUT2D eigenvalue weighted by molar-refractivity contribution is 0.100. The highest BCUT2D eigenvalue weighted by molar-refractivity contribution is 6.34. The van der Waals surface area contributed by atoms with Crippen molar-refractivity contribution in [2.45, 2.75) is 19.3 Å². The summed E-state index contributed by atoms with van der Waals surface area (Å²) in [6.07, 6.45) is 5.21. The molecule has 0 atom stereocenters. The first kappa shape index (κ1) is 16.9. The molecule has 1 aromatic heterocycles. The van der Waals surface area contributed by atoms with Gasteiger partial charge in [-0.05, 0) is 42.9 Å². The molecule has 26 heavy (non-hydrogen) atoms. The number of carbonyl (C=O) groups excluding carboxylic acids is 1. The maximum absolute atomic E-state index is 11.5. The Labute approximate surface area is 157 Å². The number of imidazole rings is 1. The van der Waals surface area contributed by atoms with Crippen molar-refractivity contribution >= 4 is 28.5 Å². The molecule has 2 N–H and O–H groups in total. The van der Waals surface area contributed by atoms with E-state index in [0.717, 1.165) is 43.4 Å². The van der Waals surface area contributed by atoms with Crippen LogP contribution in [0.15, 0.2) is 48.8 Å². The second-order valence-electron chi connectivity index (χ2n) is 6.86. The minimum absolute atomic E-state index is 0.311. The number of primary amides is 1. The summed E-state index contributed by atoms with van der Waals surface area (Å²) < 4.78 is 2.05. The normalized spacial score (nSPS) is 15.5. The van der Waals surface area contributed by atoms with Crippen LogP contribution in [0.3, 0.4) is 0 Å². The number of hydrogen-bond acceptors (Lipinski definition) is 3. The van der Waals surface area contributed by atoms with Gasteiger partial charge in [-0.2, -0.15) is 0 Å². The zero-order valence-electron chi connectivity index (χ0n) is 14.4. The molecular weight excluding hydrogens is 348 g/mol. The lowest BCUT2D eigenvalue weighted by Gasteiger charge is -2.34. The van der Waals surface area contributed by atoms with Crippen LogP contribution in [0.4, 0.5) is 0 Å². The van der Waals surface area contributed by atoms with E-state index in [1.807, 2.05) is 4.68 Å². The van der Waals surface area contributed by atoms with Crippen LogP contribution in [0.2, 0.25) is 5.02 Å². The molecule has 0 radical (unpaired) electrons. The zero-order valence-corrected chi connectivity index (χ0v) is 15.2. The summed E-state index contributed by atoms with van der Waals surface area (Å²) in [6.45, 7) is 1.94. The highest BCUT2D eigenvalue weighted by Gasteiger charge is 2.21. The van der Waals surface area contributed by atoms with E-state index < -0.39 is 5.91 Å². The largest absolute Gasteiger partial charge is 0.366 e. The van der Waals surface area contributed by atoms with Gasteiger partial charge in [0.25, 0.3) is 0 Å². The maximum Gasteiger partial charge on any atom is 0.250 e. The van der Waals surface area contributed by atoms with E-state index in [4.69, 9.17) is 17.3 Å². The van der Waals surface area contributed by atoms with E-state index >= 15 is 0 Å². The zero-order chi connectivity index (χ0) is 18.1. The number of carbonyl (C=O) groups is 1. The number of rotatable bonds is 4. The fourth-order valence-corrected chi connectivity index (χ4v) is 3.97. The van der Waals surface area contributed by atoms with Crippen molar-refractivity contribution in [2.24, 2.45) is 11.7 Å². The van der Waals surface area contributed by atoms with E-state index in [9.17, 15) is 4.79 Å². The highest BCUT2D eigenvalue weighted by atomic mass is 35.5. The van der Waals surface area contributed by atoms with E-state index in [1.54, 1.807) is 18.5 Å². The summed E-state index contributed by atoms with van der Waals surface area (Å²) in [5.74, 6) is 0.168. The van der Waals surface area contributed by atoms with Gasteiger partial charge in [-0.1, -0.05) is 41.9 Å². The molecule has 0 aliphatic carbocycles. The van der Waals surface area contributed by atoms with Gasteiger partial charge in [-0.3, -0.25) is 4.79 Å². The van der Waals surface area contributed by atoms with Crippen LogP contribution in [0, 0.1) is 5.92 Å². The molecule has 0 unspecified atom stereocenters. The number of aromatic nitrogens is 2. The van der Waals surface area contributed by atoms with Crippen LogP contribution in [0.1, 0.15) is 28.8 Å². The first-order valence-electron chi connectivity index (χ1n) is 8.87. The predicted octanol–water partition coefficient (Wildman–Crippen LogP) is 3.38. The van der Waals surface area contributed by atoms with Crippen molar-refractivity contribution in [1.29, 1.82) is 0 Å². The number of fused-ring (bicyclic) bond motifs is 1. The summed E-state index contributed by atoms with van der Waals surface area (Å²) in [4.78, 5) is 15.9. The van der Waals surface area contributed by atoms with Gasteiger partial charge >= 0.3 is 0 Å². The summed E-state index contributed by atoms with van der Waals surface area (Å²) in [5.41, 5.74) is 8.72. The summed E-state index contributed by atoms with van der Waals surface area (Å²) in [7, 11) is 0. The van der Waals surface area contributed by atoms with Crippen molar-refractivity contribution in [2.75, 3.05) is 18.1 Å². The van der Waals surface area contributed by atoms with Crippen molar-refractivity contribution in [3.8, 4) is 0 Å². The highest BCUT2D eigenvalue weighted by Crippen LogP contribution is 2.26. The maximum atomic E-state index is 11.5. The van der Waals surface area contributed by atoms with Gasteiger partial charge < -0.3 is 10.7 Å². The van der Waals surface area contributed by atoms with Crippen molar-refractivity contribution in [3.05, 3.63) is 64.9 Å². The number of nitrogens with zero attached hydrogens (tertiary/aromatic N) is 3. The van der Waals surface area contributed by atoms with E-state index in [1.165, 1.54) is 5.56 Å². The molecule has 0 spiro atoms. The van der Waals surface area contributed by atoms with E-state index in [2.05, 4.69) is 40.3 Å². The Morgan fingerprint density at radius 3 is 2.62 bits per heavy atom. The quantitative estimate of drug-likeness (QED) is 0.767. The fraction of sp³-hybridized carbons (Fsp3) is 0.300. The molecule has 1 saturated heterocycles. The van der Waals surface area contributed by atoms with Crippen molar-refractivity contribution in [3.63, 3.8) is 0 Å². The Morgan fingerprint density at radius 2 is 1.92 bits per heavy atom. The fourth-order valence-electron chi connectivity index (χ4n) is 3.72. The van der Waals surface area contributed by atoms with Gasteiger partial charge in [-0.15, -0.1) is 0 Å². The molecule has 6 heteroatoms. The molecule has 1 fully saturated rings. The molecule has 0 bridgehead atoms. The lowest BCUT2D eigenvalue weighted by Crippen LogP contribution is -2.41. The first-order valence-corrected chi connectivity index (χ1v) is 9.25. The van der Waals surface area contributed by atoms with Crippen molar-refractivity contribution < 1.29 is 4.79 Å². The number of piperidine rings is 1. The number of nitrogens with two attached hydrogens (primary N) is 1. The second kappa shape index (κ2) is 7.00. The molecule has 134 valence electrons. The first-order chi connectivity index (χ1) is 12.6. The number of amides is 1. The van der Waals surface area contributed by atoms with Gasteiger partial charge in [0, 0.05) is 13.1 Å². The number of hydrogen-bond donors (Lipinski definition) is 1. The Balaban J connectivity index is 1.49. The summed E-state index contributed by atoms with van der Waals surface area (Å²) in [6, 6.07) is 14.1. The van der Waals surface area contributed by atoms with Crippen LogP contribution >= 0.6 is 11.6 Å². The molecule has 3 aromatic rings. The van der Waals surface area contributed by atoms with E-state index in [-0.39, 0.29) is 0 Å². The third-order valence-electron chi connectivity index (χ3n) is 5.15. The Kier molecular flexibility index (Phi) is 4.55. The number of benzene rings is 2. The molecule has 2 aromatic carbocycles. The van der Waals surface area contributed by atoms with Gasteiger partial charge in [0.15, 0.2) is 0 Å². The molecule has 2 heterocycles.